The van der Waals surface area contributed by atoms with Gasteiger partial charge >= 0.3 is 0 Å². The molecule has 0 aliphatic heterocycles. The van der Waals surface area contributed by atoms with Crippen molar-refractivity contribution in [2.75, 3.05) is 0 Å². The normalized spacial score (nSPS) is 11.0. The third-order valence-electron chi connectivity index (χ3n) is 8.60. The van der Waals surface area contributed by atoms with Gasteiger partial charge in [-0.1, -0.05) is 194 Å². The molecule has 0 heterocycles. The van der Waals surface area contributed by atoms with Crippen LogP contribution >= 0.6 is 15.8 Å². The van der Waals surface area contributed by atoms with Crippen molar-refractivity contribution in [3.8, 4) is 11.1 Å². The number of fused-ring (bicyclic) bond motifs is 2. The van der Waals surface area contributed by atoms with Crippen LogP contribution in [0.1, 0.15) is 0 Å². The van der Waals surface area contributed by atoms with Crippen molar-refractivity contribution >= 4 is 69.2 Å². The minimum atomic E-state index is -0.852. The van der Waals surface area contributed by atoms with E-state index < -0.39 is 15.8 Å². The maximum absolute atomic E-state index is 2.42. The molecule has 0 atom stereocenters. The predicted molar refractivity (Wildman–Crippen MR) is 204 cm³/mol. The van der Waals surface area contributed by atoms with Crippen LogP contribution in [0.2, 0.25) is 0 Å². The zero-order chi connectivity index (χ0) is 30.7. The van der Waals surface area contributed by atoms with Crippen molar-refractivity contribution in [2.45, 2.75) is 0 Å². The maximum Gasteiger partial charge on any atom is 0 e. The van der Waals surface area contributed by atoms with Crippen LogP contribution in [0, 0.1) is 0 Å². The summed E-state index contributed by atoms with van der Waals surface area (Å²) in [4.78, 5) is 0. The van der Waals surface area contributed by atoms with Gasteiger partial charge in [-0.3, -0.25) is 0 Å². The molecule has 8 aromatic rings. The summed E-state index contributed by atoms with van der Waals surface area (Å²) in [7, 11) is -1.70. The van der Waals surface area contributed by atoms with Gasteiger partial charge in [0.2, 0.25) is 0 Å². The number of halogens is 1. The summed E-state index contributed by atoms with van der Waals surface area (Å²) in [5.41, 5.74) is 2.70. The quantitative estimate of drug-likeness (QED) is 0.135. The van der Waals surface area contributed by atoms with Gasteiger partial charge in [-0.25, -0.2) is 0 Å². The van der Waals surface area contributed by atoms with Gasteiger partial charge in [0.1, 0.15) is 0 Å². The first kappa shape index (κ1) is 34.0. The topological polar surface area (TPSA) is 0 Å². The molecule has 48 heavy (non-hydrogen) atoms. The molecule has 0 saturated carbocycles. The molecular weight excluding hydrogens is 732 g/mol. The summed E-state index contributed by atoms with van der Waals surface area (Å²) in [6, 6.07) is 71.8. The van der Waals surface area contributed by atoms with E-state index in [2.05, 4.69) is 194 Å². The summed E-state index contributed by atoms with van der Waals surface area (Å²) >= 11 is 0. The second-order valence-electron chi connectivity index (χ2n) is 11.4. The Hall–Kier alpha value is -3.91. The average Bonchev–Trinajstić information content (AvgIpc) is 3.14. The zero-order valence-electron chi connectivity index (χ0n) is 26.1. The molecule has 8 rings (SSSR count). The number of rotatable bonds is 7. The minimum absolute atomic E-state index is 0. The van der Waals surface area contributed by atoms with Crippen molar-refractivity contribution in [2.24, 2.45) is 0 Å². The van der Waals surface area contributed by atoms with E-state index in [0.29, 0.717) is 0 Å². The smallest absolute Gasteiger partial charge is 0 e. The summed E-state index contributed by atoms with van der Waals surface area (Å²) in [6.45, 7) is 0. The molecule has 236 valence electrons. The van der Waals surface area contributed by atoms with Crippen LogP contribution in [0.4, 0.5) is 0 Å². The SMILES string of the molecule is [Cl-].[Pd].c1ccc(P(c2ccccc2)c2ccc3ccccc3c2-c2c(P(c3ccccc3)c3ccccc3)ccc3ccccc23)cc1. The fraction of sp³-hybridized carbons (Fsp3) is 0. The molecule has 0 nitrogen and oxygen atoms in total. The number of hydrogen-bond donors (Lipinski definition) is 0. The molecule has 0 amide bonds. The van der Waals surface area contributed by atoms with Gasteiger partial charge in [0.05, 0.1) is 0 Å². The maximum atomic E-state index is 2.42. The first-order chi connectivity index (χ1) is 22.9. The van der Waals surface area contributed by atoms with Crippen LogP contribution in [0.3, 0.4) is 0 Å². The first-order valence-corrected chi connectivity index (χ1v) is 18.4. The van der Waals surface area contributed by atoms with Gasteiger partial charge < -0.3 is 12.4 Å². The van der Waals surface area contributed by atoms with Gasteiger partial charge in [-0.05, 0) is 80.3 Å². The Balaban J connectivity index is 0.00000201. The van der Waals surface area contributed by atoms with E-state index in [4.69, 9.17) is 0 Å². The molecular formula is C44H32ClP2Pd-. The van der Waals surface area contributed by atoms with Gasteiger partial charge in [-0.2, -0.15) is 0 Å². The van der Waals surface area contributed by atoms with E-state index in [9.17, 15) is 0 Å². The van der Waals surface area contributed by atoms with E-state index in [1.165, 1.54) is 64.5 Å². The summed E-state index contributed by atoms with van der Waals surface area (Å²) in [5, 5.41) is 13.3. The number of hydrogen-bond acceptors (Lipinski definition) is 0. The standard InChI is InChI=1S/C44H32P2.ClH.Pd/c1-5-19-35(20-6-1)45(36-21-7-2-8-22-36)41-31-29-33-17-13-15-27-39(33)43(41)44-40-28-16-14-18-34(40)30-32-42(44)46(37-23-9-3-10-24-37)38-25-11-4-12-26-38;;/h1-32H;1H;/p-1. The van der Waals surface area contributed by atoms with Crippen LogP contribution in [-0.2, 0) is 20.4 Å². The van der Waals surface area contributed by atoms with Gasteiger partial charge in [-0.15, -0.1) is 0 Å². The van der Waals surface area contributed by atoms with Gasteiger partial charge in [0.15, 0.2) is 0 Å². The fourth-order valence-corrected chi connectivity index (χ4v) is 11.5. The first-order valence-electron chi connectivity index (χ1n) is 15.7. The Labute approximate surface area is 305 Å². The second kappa shape index (κ2) is 15.5. The largest absolute Gasteiger partial charge is 1.00 e. The van der Waals surface area contributed by atoms with Gasteiger partial charge in [0.25, 0.3) is 0 Å². The zero-order valence-corrected chi connectivity index (χ0v) is 30.2. The molecule has 0 saturated heterocycles. The fourth-order valence-electron chi connectivity index (χ4n) is 6.58. The van der Waals surface area contributed by atoms with Crippen LogP contribution in [0.25, 0.3) is 32.7 Å². The van der Waals surface area contributed by atoms with Crippen LogP contribution in [0.5, 0.6) is 0 Å². The van der Waals surface area contributed by atoms with Crippen LogP contribution < -0.4 is 44.2 Å². The van der Waals surface area contributed by atoms with E-state index in [-0.39, 0.29) is 32.8 Å². The van der Waals surface area contributed by atoms with E-state index in [1.807, 2.05) is 0 Å². The average molecular weight is 765 g/mol. The van der Waals surface area contributed by atoms with E-state index in [0.717, 1.165) is 0 Å². The summed E-state index contributed by atoms with van der Waals surface area (Å²) in [5.74, 6) is 0. The second-order valence-corrected chi connectivity index (χ2v) is 15.7. The molecule has 8 aromatic carbocycles. The molecule has 0 bridgehead atoms. The Morgan fingerprint density at radius 2 is 0.542 bits per heavy atom. The van der Waals surface area contributed by atoms with Gasteiger partial charge in [0, 0.05) is 20.4 Å². The Morgan fingerprint density at radius 1 is 0.271 bits per heavy atom. The van der Waals surface area contributed by atoms with Crippen molar-refractivity contribution < 1.29 is 32.8 Å². The Bertz CT molecular complexity index is 2020. The van der Waals surface area contributed by atoms with Crippen molar-refractivity contribution in [1.29, 1.82) is 0 Å². The Kier molecular flexibility index (Phi) is 11.0. The molecule has 0 aliphatic rings. The molecule has 0 fully saturated rings. The molecule has 4 heteroatoms. The van der Waals surface area contributed by atoms with Crippen molar-refractivity contribution in [1.82, 2.24) is 0 Å². The molecule has 0 unspecified atom stereocenters. The van der Waals surface area contributed by atoms with Crippen LogP contribution in [-0.4, -0.2) is 0 Å². The van der Waals surface area contributed by atoms with E-state index in [1.54, 1.807) is 0 Å². The monoisotopic (exact) mass is 763 g/mol. The van der Waals surface area contributed by atoms with Crippen LogP contribution in [0.15, 0.2) is 194 Å². The molecule has 0 aromatic heterocycles. The Morgan fingerprint density at radius 3 is 0.854 bits per heavy atom. The third-order valence-corrected chi connectivity index (χ3v) is 13.6. The molecule has 0 N–H and O–H groups in total. The van der Waals surface area contributed by atoms with Crippen molar-refractivity contribution in [3.63, 3.8) is 0 Å². The predicted octanol–water partition coefficient (Wildman–Crippen LogP) is 6.18. The number of benzene rings is 8. The van der Waals surface area contributed by atoms with Crippen molar-refractivity contribution in [3.05, 3.63) is 194 Å². The molecule has 0 radical (unpaired) electrons. The summed E-state index contributed by atoms with van der Waals surface area (Å²) < 4.78 is 0. The molecule has 0 spiro atoms. The third kappa shape index (κ3) is 6.56. The van der Waals surface area contributed by atoms with E-state index >= 15 is 0 Å². The minimum Gasteiger partial charge on any atom is -1.00 e. The summed E-state index contributed by atoms with van der Waals surface area (Å²) in [6.07, 6.45) is 0. The molecule has 0 aliphatic carbocycles.